The van der Waals surface area contributed by atoms with Crippen LogP contribution in [0, 0.1) is 5.92 Å². The van der Waals surface area contributed by atoms with Crippen LogP contribution in [0.3, 0.4) is 0 Å². The summed E-state index contributed by atoms with van der Waals surface area (Å²) in [4.78, 5) is 12.0. The van der Waals surface area contributed by atoms with Gasteiger partial charge in [0.2, 0.25) is 5.91 Å². The predicted molar refractivity (Wildman–Crippen MR) is 77.7 cm³/mol. The number of aliphatic hydroxyl groups excluding tert-OH is 1. The fourth-order valence-corrected chi connectivity index (χ4v) is 2.64. The van der Waals surface area contributed by atoms with Gasteiger partial charge in [-0.1, -0.05) is 12.1 Å². The molecule has 1 aliphatic carbocycles. The molecule has 1 saturated carbocycles. The third-order valence-corrected chi connectivity index (χ3v) is 3.91. The van der Waals surface area contributed by atoms with Gasteiger partial charge < -0.3 is 15.2 Å². The fraction of sp³-hybridized carbons (Fsp3) is 0.562. The molecule has 0 aromatic heterocycles. The Labute approximate surface area is 120 Å². The van der Waals surface area contributed by atoms with Gasteiger partial charge in [-0.3, -0.25) is 4.79 Å². The van der Waals surface area contributed by atoms with E-state index < -0.39 is 0 Å². The highest BCUT2D eigenvalue weighted by Crippen LogP contribution is 2.24. The Morgan fingerprint density at radius 1 is 1.35 bits per heavy atom. The van der Waals surface area contributed by atoms with Crippen molar-refractivity contribution in [1.82, 2.24) is 5.32 Å². The van der Waals surface area contributed by atoms with Crippen LogP contribution in [0.5, 0.6) is 5.75 Å². The monoisotopic (exact) mass is 277 g/mol. The Hall–Kier alpha value is -1.55. The van der Waals surface area contributed by atoms with Gasteiger partial charge in [0.15, 0.2) is 0 Å². The number of aliphatic hydroxyl groups is 1. The van der Waals surface area contributed by atoms with Crippen molar-refractivity contribution in [3.8, 4) is 5.75 Å². The summed E-state index contributed by atoms with van der Waals surface area (Å²) in [5.41, 5.74) is 1.16. The zero-order valence-electron chi connectivity index (χ0n) is 12.0. The van der Waals surface area contributed by atoms with Crippen LogP contribution in [-0.4, -0.2) is 30.8 Å². The van der Waals surface area contributed by atoms with Crippen LogP contribution in [-0.2, 0) is 11.2 Å². The van der Waals surface area contributed by atoms with Crippen molar-refractivity contribution in [2.75, 3.05) is 13.7 Å². The molecule has 1 aromatic carbocycles. The van der Waals surface area contributed by atoms with Crippen LogP contribution in [0.25, 0.3) is 0 Å². The van der Waals surface area contributed by atoms with Crippen molar-refractivity contribution in [2.45, 2.75) is 38.2 Å². The molecule has 0 saturated heterocycles. The predicted octanol–water partition coefficient (Wildman–Crippen LogP) is 1.90. The van der Waals surface area contributed by atoms with Crippen LogP contribution >= 0.6 is 0 Å². The lowest BCUT2D eigenvalue weighted by molar-refractivity contribution is -0.126. The molecule has 0 atom stereocenters. The smallest absolute Gasteiger partial charge is 0.223 e. The summed E-state index contributed by atoms with van der Waals surface area (Å²) in [6.07, 6.45) is 3.68. The van der Waals surface area contributed by atoms with Gasteiger partial charge in [0.1, 0.15) is 5.75 Å². The maximum absolute atomic E-state index is 12.0. The topological polar surface area (TPSA) is 58.6 Å². The molecule has 4 nitrogen and oxygen atoms in total. The van der Waals surface area contributed by atoms with Crippen LogP contribution < -0.4 is 10.1 Å². The Morgan fingerprint density at radius 3 is 2.80 bits per heavy atom. The van der Waals surface area contributed by atoms with Crippen molar-refractivity contribution in [3.63, 3.8) is 0 Å². The van der Waals surface area contributed by atoms with Gasteiger partial charge >= 0.3 is 0 Å². The maximum atomic E-state index is 12.0. The molecule has 20 heavy (non-hydrogen) atoms. The Morgan fingerprint density at radius 2 is 2.10 bits per heavy atom. The first-order valence-electron chi connectivity index (χ1n) is 7.27. The first kappa shape index (κ1) is 14.9. The summed E-state index contributed by atoms with van der Waals surface area (Å²) in [5.74, 6) is 1.04. The van der Waals surface area contributed by atoms with E-state index in [4.69, 9.17) is 4.74 Å². The number of carbonyl (C=O) groups excluding carboxylic acids is 1. The van der Waals surface area contributed by atoms with Gasteiger partial charge in [-0.15, -0.1) is 0 Å². The third-order valence-electron chi connectivity index (χ3n) is 3.91. The minimum absolute atomic E-state index is 0.0729. The third kappa shape index (κ3) is 4.23. The number of rotatable bonds is 5. The molecule has 1 amide bonds. The van der Waals surface area contributed by atoms with Gasteiger partial charge in [-0.25, -0.2) is 0 Å². The van der Waals surface area contributed by atoms with Crippen LogP contribution in [0.15, 0.2) is 24.3 Å². The van der Waals surface area contributed by atoms with E-state index in [1.54, 1.807) is 7.11 Å². The number of hydrogen-bond acceptors (Lipinski definition) is 3. The molecule has 0 heterocycles. The van der Waals surface area contributed by atoms with E-state index in [9.17, 15) is 9.90 Å². The van der Waals surface area contributed by atoms with E-state index >= 15 is 0 Å². The molecule has 4 heteroatoms. The first-order valence-corrected chi connectivity index (χ1v) is 7.27. The summed E-state index contributed by atoms with van der Waals surface area (Å²) in [6, 6.07) is 7.89. The van der Waals surface area contributed by atoms with Gasteiger partial charge in [0.05, 0.1) is 13.2 Å². The van der Waals surface area contributed by atoms with Crippen molar-refractivity contribution in [1.29, 1.82) is 0 Å². The number of carbonyl (C=O) groups is 1. The number of nitrogens with one attached hydrogen (secondary N) is 1. The quantitative estimate of drug-likeness (QED) is 0.864. The lowest BCUT2D eigenvalue weighted by Crippen LogP contribution is -2.35. The van der Waals surface area contributed by atoms with Gasteiger partial charge in [0, 0.05) is 12.5 Å². The van der Waals surface area contributed by atoms with Crippen molar-refractivity contribution in [2.24, 2.45) is 5.92 Å². The Kier molecular flexibility index (Phi) is 5.41. The molecule has 0 unspecified atom stereocenters. The summed E-state index contributed by atoms with van der Waals surface area (Å²) < 4.78 is 5.18. The van der Waals surface area contributed by atoms with Gasteiger partial charge in [-0.05, 0) is 49.8 Å². The molecule has 0 spiro atoms. The average Bonchev–Trinajstić information content (AvgIpc) is 2.48. The highest BCUT2D eigenvalue weighted by molar-refractivity contribution is 5.78. The summed E-state index contributed by atoms with van der Waals surface area (Å²) in [6.45, 7) is 0.644. The number of ether oxygens (including phenoxy) is 1. The maximum Gasteiger partial charge on any atom is 0.223 e. The first-order chi connectivity index (χ1) is 9.69. The Bertz CT molecular complexity index is 439. The van der Waals surface area contributed by atoms with E-state index in [2.05, 4.69) is 5.32 Å². The lowest BCUT2D eigenvalue weighted by Gasteiger charge is -2.24. The summed E-state index contributed by atoms with van der Waals surface area (Å²) in [5, 5.41) is 12.4. The normalized spacial score (nSPS) is 22.3. The molecular formula is C16H23NO3. The van der Waals surface area contributed by atoms with Gasteiger partial charge in [-0.2, -0.15) is 0 Å². The minimum Gasteiger partial charge on any atom is -0.497 e. The number of hydrogen-bond donors (Lipinski definition) is 2. The fourth-order valence-electron chi connectivity index (χ4n) is 2.64. The van der Waals surface area contributed by atoms with E-state index in [-0.39, 0.29) is 17.9 Å². The molecule has 1 aromatic rings. The molecule has 0 bridgehead atoms. The van der Waals surface area contributed by atoms with Crippen LogP contribution in [0.1, 0.15) is 31.2 Å². The summed E-state index contributed by atoms with van der Waals surface area (Å²) in [7, 11) is 1.65. The zero-order valence-corrected chi connectivity index (χ0v) is 12.0. The van der Waals surface area contributed by atoms with E-state index in [1.807, 2.05) is 24.3 Å². The molecule has 110 valence electrons. The zero-order chi connectivity index (χ0) is 14.4. The second-order valence-corrected chi connectivity index (χ2v) is 5.40. The molecule has 0 aliphatic heterocycles. The average molecular weight is 277 g/mol. The van der Waals surface area contributed by atoms with E-state index in [0.717, 1.165) is 43.4 Å². The minimum atomic E-state index is -0.212. The second kappa shape index (κ2) is 7.29. The standard InChI is InChI=1S/C16H23NO3/c1-20-15-4-2-3-12(11-15)9-10-17-16(19)13-5-7-14(18)8-6-13/h2-4,11,13-14,18H,5-10H2,1H3,(H,17,19). The molecule has 2 N–H and O–H groups in total. The largest absolute Gasteiger partial charge is 0.497 e. The summed E-state index contributed by atoms with van der Waals surface area (Å²) >= 11 is 0. The van der Waals surface area contributed by atoms with Crippen molar-refractivity contribution < 1.29 is 14.6 Å². The van der Waals surface area contributed by atoms with Crippen LogP contribution in [0.4, 0.5) is 0 Å². The molecule has 1 fully saturated rings. The second-order valence-electron chi connectivity index (χ2n) is 5.40. The molecule has 1 aliphatic rings. The highest BCUT2D eigenvalue weighted by Gasteiger charge is 2.24. The van der Waals surface area contributed by atoms with Crippen molar-refractivity contribution in [3.05, 3.63) is 29.8 Å². The molecular weight excluding hydrogens is 254 g/mol. The molecule has 2 rings (SSSR count). The SMILES string of the molecule is COc1cccc(CCNC(=O)C2CCC(O)CC2)c1. The number of methoxy groups -OCH3 is 1. The number of amides is 1. The number of benzene rings is 1. The van der Waals surface area contributed by atoms with Crippen molar-refractivity contribution >= 4 is 5.91 Å². The van der Waals surface area contributed by atoms with E-state index in [1.165, 1.54) is 0 Å². The van der Waals surface area contributed by atoms with E-state index in [0.29, 0.717) is 6.54 Å². The molecule has 0 radical (unpaired) electrons. The van der Waals surface area contributed by atoms with Crippen LogP contribution in [0.2, 0.25) is 0 Å². The van der Waals surface area contributed by atoms with Gasteiger partial charge in [0.25, 0.3) is 0 Å². The highest BCUT2D eigenvalue weighted by atomic mass is 16.5. The lowest BCUT2D eigenvalue weighted by atomic mass is 9.87. The Balaban J connectivity index is 1.73.